The van der Waals surface area contributed by atoms with Crippen molar-refractivity contribution >= 4 is 0 Å². The fraction of sp³-hybridized carbons (Fsp3) is 0.304. The molecule has 3 aromatic rings. The van der Waals surface area contributed by atoms with E-state index in [1.165, 1.54) is 11.1 Å². The smallest absolute Gasteiger partial charge is 0.159 e. The van der Waals surface area contributed by atoms with Crippen LogP contribution in [0.4, 0.5) is 0 Å². The van der Waals surface area contributed by atoms with Crippen LogP contribution in [0, 0.1) is 13.8 Å². The zero-order valence-electron chi connectivity index (χ0n) is 15.9. The van der Waals surface area contributed by atoms with E-state index >= 15 is 0 Å². The standard InChI is InChI=1S/C23H25N3O/c1-17-3-7-20(8-4-17)22-24-13-19(14-25-22)15-26-12-11-23(27,16-26)21-9-5-18(2)6-10-21/h3-10,13-14,27H,11-12,15-16H2,1-2H3/t23-/m0/s1. The first kappa shape index (κ1) is 17.8. The molecule has 0 radical (unpaired) electrons. The van der Waals surface area contributed by atoms with Crippen LogP contribution in [0.25, 0.3) is 11.4 Å². The fourth-order valence-electron chi connectivity index (χ4n) is 3.65. The molecular formula is C23H25N3O. The van der Waals surface area contributed by atoms with Gasteiger partial charge in [-0.05, 0) is 25.8 Å². The zero-order valence-corrected chi connectivity index (χ0v) is 15.9. The molecule has 0 unspecified atom stereocenters. The second-order valence-corrected chi connectivity index (χ2v) is 7.64. The third-order valence-corrected chi connectivity index (χ3v) is 5.34. The van der Waals surface area contributed by atoms with Gasteiger partial charge in [-0.15, -0.1) is 0 Å². The number of aliphatic hydroxyl groups is 1. The monoisotopic (exact) mass is 359 g/mol. The number of nitrogens with zero attached hydrogens (tertiary/aromatic N) is 3. The van der Waals surface area contributed by atoms with Gasteiger partial charge in [0.05, 0.1) is 0 Å². The number of β-amino-alcohol motifs (C(OH)–C–C–N with tert-alkyl or cyclic N) is 1. The quantitative estimate of drug-likeness (QED) is 0.769. The van der Waals surface area contributed by atoms with Crippen molar-refractivity contribution in [3.63, 3.8) is 0 Å². The van der Waals surface area contributed by atoms with Gasteiger partial charge in [0.25, 0.3) is 0 Å². The Balaban J connectivity index is 1.42. The largest absolute Gasteiger partial charge is 0.384 e. The lowest BCUT2D eigenvalue weighted by Gasteiger charge is -2.24. The summed E-state index contributed by atoms with van der Waals surface area (Å²) in [5, 5.41) is 11.0. The van der Waals surface area contributed by atoms with Gasteiger partial charge in [-0.1, -0.05) is 59.7 Å². The summed E-state index contributed by atoms with van der Waals surface area (Å²) in [4.78, 5) is 11.3. The molecule has 0 aliphatic carbocycles. The molecule has 1 fully saturated rings. The maximum Gasteiger partial charge on any atom is 0.159 e. The average Bonchev–Trinajstić information content (AvgIpc) is 3.05. The molecule has 1 aliphatic heterocycles. The molecule has 1 N–H and O–H groups in total. The molecule has 4 heteroatoms. The number of aromatic nitrogens is 2. The van der Waals surface area contributed by atoms with E-state index in [2.05, 4.69) is 53.0 Å². The molecule has 138 valence electrons. The predicted octanol–water partition coefficient (Wildman–Crippen LogP) is 3.85. The van der Waals surface area contributed by atoms with Gasteiger partial charge in [-0.2, -0.15) is 0 Å². The van der Waals surface area contributed by atoms with E-state index in [9.17, 15) is 5.11 Å². The normalized spacial score (nSPS) is 20.1. The summed E-state index contributed by atoms with van der Waals surface area (Å²) in [5.41, 5.74) is 4.77. The zero-order chi connectivity index (χ0) is 18.9. The maximum atomic E-state index is 11.0. The second-order valence-electron chi connectivity index (χ2n) is 7.64. The minimum Gasteiger partial charge on any atom is -0.384 e. The summed E-state index contributed by atoms with van der Waals surface area (Å²) in [6.45, 7) is 6.39. The van der Waals surface area contributed by atoms with Crippen LogP contribution in [-0.4, -0.2) is 33.1 Å². The van der Waals surface area contributed by atoms with Crippen LogP contribution in [0.15, 0.2) is 60.9 Å². The highest BCUT2D eigenvalue weighted by Gasteiger charge is 2.37. The summed E-state index contributed by atoms with van der Waals surface area (Å²) >= 11 is 0. The summed E-state index contributed by atoms with van der Waals surface area (Å²) in [7, 11) is 0. The summed E-state index contributed by atoms with van der Waals surface area (Å²) in [6.07, 6.45) is 4.54. The number of aryl methyl sites for hydroxylation is 2. The summed E-state index contributed by atoms with van der Waals surface area (Å²) in [5.74, 6) is 0.747. The average molecular weight is 359 g/mol. The molecule has 2 aromatic carbocycles. The van der Waals surface area contributed by atoms with Gasteiger partial charge in [0.1, 0.15) is 5.60 Å². The Hall–Kier alpha value is -2.56. The van der Waals surface area contributed by atoms with Crippen LogP contribution in [0.2, 0.25) is 0 Å². The Morgan fingerprint density at radius 1 is 0.926 bits per heavy atom. The van der Waals surface area contributed by atoms with Crippen molar-refractivity contribution in [1.82, 2.24) is 14.9 Å². The number of hydrogen-bond donors (Lipinski definition) is 1. The lowest BCUT2D eigenvalue weighted by Crippen LogP contribution is -2.30. The Bertz CT molecular complexity index is 904. The molecule has 1 aliphatic rings. The van der Waals surface area contributed by atoms with Gasteiger partial charge in [-0.25, -0.2) is 9.97 Å². The number of rotatable bonds is 4. The van der Waals surface area contributed by atoms with Gasteiger partial charge >= 0.3 is 0 Å². The highest BCUT2D eigenvalue weighted by Crippen LogP contribution is 2.32. The highest BCUT2D eigenvalue weighted by atomic mass is 16.3. The maximum absolute atomic E-state index is 11.0. The molecule has 0 amide bonds. The van der Waals surface area contributed by atoms with Crippen molar-refractivity contribution in [1.29, 1.82) is 0 Å². The predicted molar refractivity (Wildman–Crippen MR) is 107 cm³/mol. The van der Waals surface area contributed by atoms with Gasteiger partial charge in [0.15, 0.2) is 5.82 Å². The van der Waals surface area contributed by atoms with E-state index in [0.29, 0.717) is 6.54 Å². The van der Waals surface area contributed by atoms with E-state index < -0.39 is 5.60 Å². The van der Waals surface area contributed by atoms with Crippen molar-refractivity contribution < 1.29 is 5.11 Å². The Kier molecular flexibility index (Phi) is 4.77. The van der Waals surface area contributed by atoms with Crippen LogP contribution in [-0.2, 0) is 12.1 Å². The minimum absolute atomic E-state index is 0.635. The molecule has 0 spiro atoms. The SMILES string of the molecule is Cc1ccc(-c2ncc(CN3CC[C@@](O)(c4ccc(C)cc4)C3)cn2)cc1. The number of likely N-dealkylation sites (tertiary alicyclic amines) is 1. The molecule has 1 saturated heterocycles. The van der Waals surface area contributed by atoms with Gasteiger partial charge < -0.3 is 5.11 Å². The molecule has 2 heterocycles. The Morgan fingerprint density at radius 2 is 1.52 bits per heavy atom. The first-order chi connectivity index (χ1) is 13.0. The number of benzene rings is 2. The first-order valence-electron chi connectivity index (χ1n) is 9.42. The van der Waals surface area contributed by atoms with E-state index in [-0.39, 0.29) is 0 Å². The molecule has 27 heavy (non-hydrogen) atoms. The van der Waals surface area contributed by atoms with Crippen molar-refractivity contribution in [2.75, 3.05) is 13.1 Å². The summed E-state index contributed by atoms with van der Waals surface area (Å²) in [6, 6.07) is 16.4. The van der Waals surface area contributed by atoms with Crippen molar-refractivity contribution in [2.45, 2.75) is 32.4 Å². The van der Waals surface area contributed by atoms with Crippen molar-refractivity contribution in [3.05, 3.63) is 83.2 Å². The summed E-state index contributed by atoms with van der Waals surface area (Å²) < 4.78 is 0. The first-order valence-corrected chi connectivity index (χ1v) is 9.42. The molecule has 4 rings (SSSR count). The van der Waals surface area contributed by atoms with Crippen molar-refractivity contribution in [2.24, 2.45) is 0 Å². The number of hydrogen-bond acceptors (Lipinski definition) is 4. The van der Waals surface area contributed by atoms with Crippen LogP contribution in [0.5, 0.6) is 0 Å². The van der Waals surface area contributed by atoms with Crippen LogP contribution < -0.4 is 0 Å². The molecular weight excluding hydrogens is 334 g/mol. The Morgan fingerprint density at radius 3 is 2.15 bits per heavy atom. The van der Waals surface area contributed by atoms with E-state index in [0.717, 1.165) is 42.0 Å². The third kappa shape index (κ3) is 3.92. The van der Waals surface area contributed by atoms with Gasteiger partial charge in [0, 0.05) is 43.2 Å². The lowest BCUT2D eigenvalue weighted by molar-refractivity contribution is 0.0452. The Labute approximate surface area is 160 Å². The van der Waals surface area contributed by atoms with Crippen LogP contribution in [0.3, 0.4) is 0 Å². The lowest BCUT2D eigenvalue weighted by atomic mass is 9.92. The molecule has 4 nitrogen and oxygen atoms in total. The van der Waals surface area contributed by atoms with E-state index in [4.69, 9.17) is 0 Å². The molecule has 1 atom stereocenters. The van der Waals surface area contributed by atoms with E-state index in [1.807, 2.05) is 36.7 Å². The highest BCUT2D eigenvalue weighted by molar-refractivity contribution is 5.54. The topological polar surface area (TPSA) is 49.2 Å². The fourth-order valence-corrected chi connectivity index (χ4v) is 3.65. The molecule has 1 aromatic heterocycles. The molecule has 0 saturated carbocycles. The van der Waals surface area contributed by atoms with Crippen LogP contribution in [0.1, 0.15) is 28.7 Å². The van der Waals surface area contributed by atoms with E-state index in [1.54, 1.807) is 0 Å². The third-order valence-electron chi connectivity index (χ3n) is 5.34. The van der Waals surface area contributed by atoms with Crippen LogP contribution >= 0.6 is 0 Å². The van der Waals surface area contributed by atoms with Gasteiger partial charge in [0.2, 0.25) is 0 Å². The minimum atomic E-state index is -0.767. The van der Waals surface area contributed by atoms with Crippen molar-refractivity contribution in [3.8, 4) is 11.4 Å². The second kappa shape index (κ2) is 7.22. The molecule has 0 bridgehead atoms. The van der Waals surface area contributed by atoms with Gasteiger partial charge in [-0.3, -0.25) is 4.90 Å².